The van der Waals surface area contributed by atoms with Crippen LogP contribution in [0, 0.1) is 28.9 Å². The smallest absolute Gasteiger partial charge is 0.240 e. The monoisotopic (exact) mass is 322 g/mol. The van der Waals surface area contributed by atoms with E-state index < -0.39 is 23.6 Å². The van der Waals surface area contributed by atoms with E-state index in [1.165, 1.54) is 12.1 Å². The fraction of sp³-hybridized carbons (Fsp3) is 0.529. The summed E-state index contributed by atoms with van der Waals surface area (Å²) < 4.78 is 26.3. The van der Waals surface area contributed by atoms with E-state index in [9.17, 15) is 18.4 Å². The molecule has 6 heteroatoms. The summed E-state index contributed by atoms with van der Waals surface area (Å²) >= 11 is 0. The van der Waals surface area contributed by atoms with Gasteiger partial charge in [0.25, 0.3) is 0 Å². The average molecular weight is 322 g/mol. The fourth-order valence-electron chi connectivity index (χ4n) is 4.02. The maximum atomic E-state index is 13.2. The Morgan fingerprint density at radius 2 is 1.87 bits per heavy atom. The molecular formula is C17H20F2N2O2. The topological polar surface area (TPSA) is 63.4 Å². The Bertz CT molecular complexity index is 654. The highest BCUT2D eigenvalue weighted by atomic mass is 19.1. The SMILES string of the molecule is CC1(C)[C@@H]2[C@@H](C(N)=O)N(C(=O)CCc3cc(F)cc(F)c3)C[C@@H]21. The van der Waals surface area contributed by atoms with Gasteiger partial charge in [-0.15, -0.1) is 0 Å². The van der Waals surface area contributed by atoms with Crippen molar-refractivity contribution in [3.05, 3.63) is 35.4 Å². The van der Waals surface area contributed by atoms with Crippen LogP contribution in [0.4, 0.5) is 8.78 Å². The first kappa shape index (κ1) is 15.9. The number of carbonyl (C=O) groups excluding carboxylic acids is 2. The van der Waals surface area contributed by atoms with E-state index in [1.807, 2.05) is 0 Å². The number of nitrogens with two attached hydrogens (primary N) is 1. The number of likely N-dealkylation sites (tertiary alicyclic amines) is 1. The molecule has 23 heavy (non-hydrogen) atoms. The number of rotatable bonds is 4. The molecule has 1 saturated carbocycles. The van der Waals surface area contributed by atoms with Gasteiger partial charge in [-0.25, -0.2) is 8.78 Å². The Kier molecular flexibility index (Phi) is 3.65. The molecular weight excluding hydrogens is 302 g/mol. The summed E-state index contributed by atoms with van der Waals surface area (Å²) in [6.45, 7) is 4.69. The molecule has 0 bridgehead atoms. The van der Waals surface area contributed by atoms with Gasteiger partial charge in [0.2, 0.25) is 11.8 Å². The zero-order valence-electron chi connectivity index (χ0n) is 13.2. The lowest BCUT2D eigenvalue weighted by Crippen LogP contribution is -2.48. The first-order chi connectivity index (χ1) is 10.7. The van der Waals surface area contributed by atoms with Crippen LogP contribution in [-0.4, -0.2) is 29.3 Å². The number of hydrogen-bond donors (Lipinski definition) is 1. The second kappa shape index (κ2) is 5.28. The number of halogens is 2. The highest BCUT2D eigenvalue weighted by molar-refractivity contribution is 5.88. The summed E-state index contributed by atoms with van der Waals surface area (Å²) in [5, 5.41) is 0. The van der Waals surface area contributed by atoms with E-state index in [2.05, 4.69) is 13.8 Å². The summed E-state index contributed by atoms with van der Waals surface area (Å²) in [7, 11) is 0. The zero-order chi connectivity index (χ0) is 16.9. The number of fused-ring (bicyclic) bond motifs is 1. The first-order valence-electron chi connectivity index (χ1n) is 7.75. The lowest BCUT2D eigenvalue weighted by atomic mass is 10.00. The number of amides is 2. The van der Waals surface area contributed by atoms with Gasteiger partial charge in [-0.05, 0) is 41.4 Å². The van der Waals surface area contributed by atoms with Crippen LogP contribution >= 0.6 is 0 Å². The maximum Gasteiger partial charge on any atom is 0.240 e. The number of hydrogen-bond acceptors (Lipinski definition) is 2. The highest BCUT2D eigenvalue weighted by Crippen LogP contribution is 2.64. The lowest BCUT2D eigenvalue weighted by Gasteiger charge is -2.28. The molecule has 0 unspecified atom stereocenters. The molecule has 0 radical (unpaired) electrons. The molecule has 0 spiro atoms. The minimum absolute atomic E-state index is 0.0438. The molecule has 2 aliphatic rings. The van der Waals surface area contributed by atoms with E-state index in [0.29, 0.717) is 18.0 Å². The Morgan fingerprint density at radius 1 is 1.26 bits per heavy atom. The molecule has 2 amide bonds. The Hall–Kier alpha value is -1.98. The number of primary amides is 1. The van der Waals surface area contributed by atoms with E-state index in [0.717, 1.165) is 6.07 Å². The molecule has 1 aromatic rings. The summed E-state index contributed by atoms with van der Waals surface area (Å²) in [4.78, 5) is 25.7. The Labute approximate surface area is 133 Å². The van der Waals surface area contributed by atoms with Crippen LogP contribution in [0.3, 0.4) is 0 Å². The van der Waals surface area contributed by atoms with Crippen LogP contribution in [0.25, 0.3) is 0 Å². The molecule has 1 aliphatic carbocycles. The van der Waals surface area contributed by atoms with Crippen LogP contribution < -0.4 is 5.73 Å². The van der Waals surface area contributed by atoms with E-state index >= 15 is 0 Å². The standard InChI is InChI=1S/C17H20F2N2O2/c1-17(2)12-8-21(15(14(12)17)16(20)23)13(22)4-3-9-5-10(18)7-11(19)6-9/h5-7,12,14-15H,3-4,8H2,1-2H3,(H2,20,23)/t12-,14-,15-/m0/s1. The van der Waals surface area contributed by atoms with Crippen molar-refractivity contribution in [1.29, 1.82) is 0 Å². The van der Waals surface area contributed by atoms with Gasteiger partial charge in [-0.3, -0.25) is 9.59 Å². The molecule has 1 aliphatic heterocycles. The van der Waals surface area contributed by atoms with Crippen molar-refractivity contribution in [2.45, 2.75) is 32.7 Å². The van der Waals surface area contributed by atoms with Crippen molar-refractivity contribution in [2.24, 2.45) is 23.0 Å². The zero-order valence-corrected chi connectivity index (χ0v) is 13.2. The first-order valence-corrected chi connectivity index (χ1v) is 7.75. The molecule has 2 N–H and O–H groups in total. The molecule has 3 rings (SSSR count). The van der Waals surface area contributed by atoms with Gasteiger partial charge in [-0.1, -0.05) is 13.8 Å². The fourth-order valence-corrected chi connectivity index (χ4v) is 4.02. The summed E-state index contributed by atoms with van der Waals surface area (Å²) in [5.41, 5.74) is 5.95. The summed E-state index contributed by atoms with van der Waals surface area (Å²) in [5.74, 6) is -1.57. The van der Waals surface area contributed by atoms with Gasteiger partial charge in [0.1, 0.15) is 17.7 Å². The van der Waals surface area contributed by atoms with Crippen molar-refractivity contribution in [2.75, 3.05) is 6.54 Å². The molecule has 3 atom stereocenters. The Morgan fingerprint density at radius 3 is 2.43 bits per heavy atom. The number of piperidine rings is 1. The molecule has 1 saturated heterocycles. The van der Waals surface area contributed by atoms with Crippen LogP contribution in [-0.2, 0) is 16.0 Å². The number of carbonyl (C=O) groups is 2. The third-order valence-electron chi connectivity index (χ3n) is 5.37. The van der Waals surface area contributed by atoms with Crippen molar-refractivity contribution >= 4 is 11.8 Å². The lowest BCUT2D eigenvalue weighted by molar-refractivity contribution is -0.139. The van der Waals surface area contributed by atoms with Gasteiger partial charge in [0, 0.05) is 19.0 Å². The van der Waals surface area contributed by atoms with Crippen LogP contribution in [0.1, 0.15) is 25.8 Å². The Balaban J connectivity index is 1.66. The third kappa shape index (κ3) is 2.71. The second-order valence-corrected chi connectivity index (χ2v) is 7.12. The maximum absolute atomic E-state index is 13.2. The van der Waals surface area contributed by atoms with Gasteiger partial charge < -0.3 is 10.6 Å². The molecule has 0 aromatic heterocycles. The van der Waals surface area contributed by atoms with E-state index in [-0.39, 0.29) is 30.1 Å². The van der Waals surface area contributed by atoms with Crippen molar-refractivity contribution in [3.8, 4) is 0 Å². The molecule has 124 valence electrons. The average Bonchev–Trinajstić information content (AvgIpc) is 2.84. The van der Waals surface area contributed by atoms with E-state index in [4.69, 9.17) is 5.73 Å². The van der Waals surface area contributed by atoms with E-state index in [1.54, 1.807) is 4.90 Å². The van der Waals surface area contributed by atoms with Gasteiger partial charge in [-0.2, -0.15) is 0 Å². The molecule has 1 heterocycles. The summed E-state index contributed by atoms with van der Waals surface area (Å²) in [6, 6.07) is 2.66. The number of aryl methyl sites for hydroxylation is 1. The van der Waals surface area contributed by atoms with Gasteiger partial charge in [0.15, 0.2) is 0 Å². The summed E-state index contributed by atoms with van der Waals surface area (Å²) in [6.07, 6.45) is 0.334. The van der Waals surface area contributed by atoms with Crippen molar-refractivity contribution < 1.29 is 18.4 Å². The highest BCUT2D eigenvalue weighted by Gasteiger charge is 2.68. The molecule has 2 fully saturated rings. The van der Waals surface area contributed by atoms with Gasteiger partial charge >= 0.3 is 0 Å². The number of nitrogens with zero attached hydrogens (tertiary/aromatic N) is 1. The third-order valence-corrected chi connectivity index (χ3v) is 5.37. The largest absolute Gasteiger partial charge is 0.368 e. The minimum atomic E-state index is -0.661. The van der Waals surface area contributed by atoms with Crippen molar-refractivity contribution in [1.82, 2.24) is 4.90 Å². The van der Waals surface area contributed by atoms with Gasteiger partial charge in [0.05, 0.1) is 0 Å². The predicted octanol–water partition coefficient (Wildman–Crippen LogP) is 1.87. The van der Waals surface area contributed by atoms with Crippen LogP contribution in [0.5, 0.6) is 0 Å². The normalized spacial score (nSPS) is 27.7. The number of benzene rings is 1. The molecule has 1 aromatic carbocycles. The minimum Gasteiger partial charge on any atom is -0.368 e. The van der Waals surface area contributed by atoms with Crippen LogP contribution in [0.2, 0.25) is 0 Å². The predicted molar refractivity (Wildman–Crippen MR) is 80.1 cm³/mol. The van der Waals surface area contributed by atoms with Crippen molar-refractivity contribution in [3.63, 3.8) is 0 Å². The second-order valence-electron chi connectivity index (χ2n) is 7.12. The molecule has 4 nitrogen and oxygen atoms in total. The van der Waals surface area contributed by atoms with Crippen LogP contribution in [0.15, 0.2) is 18.2 Å². The quantitative estimate of drug-likeness (QED) is 0.920.